The molecule has 0 atom stereocenters. The van der Waals surface area contributed by atoms with E-state index in [1.165, 1.54) is 23.5 Å². The number of fused-ring (bicyclic) bond motifs is 1. The van der Waals surface area contributed by atoms with E-state index in [0.717, 1.165) is 16.0 Å². The Labute approximate surface area is 197 Å². The average Bonchev–Trinajstić information content (AvgIpc) is 3.21. The molecule has 0 aliphatic carbocycles. The Balaban J connectivity index is 1.41. The highest BCUT2D eigenvalue weighted by Gasteiger charge is 2.15. The molecule has 0 saturated carbocycles. The quantitative estimate of drug-likeness (QED) is 0.285. The molecule has 33 heavy (non-hydrogen) atoms. The van der Waals surface area contributed by atoms with Crippen molar-refractivity contribution in [1.29, 1.82) is 0 Å². The van der Waals surface area contributed by atoms with Crippen LogP contribution in [0.1, 0.15) is 37.7 Å². The largest absolute Gasteiger partial charge is 0.478 e. The summed E-state index contributed by atoms with van der Waals surface area (Å²) >= 11 is 5.54. The first-order valence-electron chi connectivity index (χ1n) is 9.87. The highest BCUT2D eigenvalue weighted by atomic mass is 32.1. The fourth-order valence-corrected chi connectivity index (χ4v) is 4.35. The number of amides is 1. The van der Waals surface area contributed by atoms with E-state index in [0.29, 0.717) is 15.8 Å². The van der Waals surface area contributed by atoms with Crippen molar-refractivity contribution in [3.8, 4) is 0 Å². The maximum atomic E-state index is 12.6. The minimum absolute atomic E-state index is 0.0534. The summed E-state index contributed by atoms with van der Waals surface area (Å²) < 4.78 is 5.70. The number of thiol groups is 1. The molecule has 4 rings (SSSR count). The molecule has 0 radical (unpaired) electrons. The fourth-order valence-electron chi connectivity index (χ4n) is 3.18. The topological polar surface area (TPSA) is 121 Å². The smallest absolute Gasteiger partial charge is 0.335 e. The number of benzene rings is 2. The Kier molecular flexibility index (Phi) is 6.87. The summed E-state index contributed by atoms with van der Waals surface area (Å²) in [6.07, 6.45) is 0. The molecule has 168 valence electrons. The molecule has 0 unspecified atom stereocenters. The van der Waals surface area contributed by atoms with E-state index in [4.69, 9.17) is 9.84 Å². The van der Waals surface area contributed by atoms with Crippen molar-refractivity contribution in [1.82, 2.24) is 15.3 Å². The molecule has 8 nitrogen and oxygen atoms in total. The van der Waals surface area contributed by atoms with Gasteiger partial charge >= 0.3 is 5.97 Å². The lowest BCUT2D eigenvalue weighted by molar-refractivity contribution is 0.0696. The van der Waals surface area contributed by atoms with E-state index in [2.05, 4.69) is 27.9 Å². The lowest BCUT2D eigenvalue weighted by Gasteiger charge is -2.06. The van der Waals surface area contributed by atoms with Crippen molar-refractivity contribution in [2.45, 2.75) is 24.7 Å². The monoisotopic (exact) mass is 481 g/mol. The molecule has 0 spiro atoms. The first-order valence-corrected chi connectivity index (χ1v) is 11.2. The van der Waals surface area contributed by atoms with E-state index >= 15 is 0 Å². The summed E-state index contributed by atoms with van der Waals surface area (Å²) in [5.74, 6) is -1.52. The van der Waals surface area contributed by atoms with E-state index in [1.807, 2.05) is 24.3 Å². The second kappa shape index (κ2) is 9.99. The Morgan fingerprint density at radius 2 is 1.91 bits per heavy atom. The number of thiophene rings is 1. The second-order valence-corrected chi connectivity index (χ2v) is 8.58. The number of hydrogen-bond acceptors (Lipinski definition) is 7. The SMILES string of the molecule is O=C(O)c1ccc(COCc2csc3nc(C(=O)NCc4cccc(S)c4)[nH]c(=O)c23)cc1. The molecule has 2 aromatic carbocycles. The standard InChI is InChI=1S/C23H19N3O5S2/c27-20-18-16(11-31-10-13-4-6-15(7-5-13)23(29)30)12-33-22(18)26-19(25-20)21(28)24-9-14-2-1-3-17(32)8-14/h1-8,12,32H,9-11H2,(H,24,28)(H,29,30)(H,25,26,27). The molecular weight excluding hydrogens is 462 g/mol. The zero-order valence-electron chi connectivity index (χ0n) is 17.2. The number of carboxylic acids is 1. The zero-order valence-corrected chi connectivity index (χ0v) is 18.9. The van der Waals surface area contributed by atoms with Gasteiger partial charge in [-0.05, 0) is 40.8 Å². The maximum Gasteiger partial charge on any atom is 0.335 e. The molecule has 1 amide bonds. The van der Waals surface area contributed by atoms with Crippen LogP contribution in [0.25, 0.3) is 10.2 Å². The molecule has 10 heteroatoms. The Morgan fingerprint density at radius 3 is 2.64 bits per heavy atom. The third kappa shape index (κ3) is 5.48. The predicted molar refractivity (Wildman–Crippen MR) is 127 cm³/mol. The van der Waals surface area contributed by atoms with Crippen molar-refractivity contribution in [3.05, 3.63) is 92.3 Å². The van der Waals surface area contributed by atoms with Crippen LogP contribution in [0.5, 0.6) is 0 Å². The molecule has 3 N–H and O–H groups in total. The lowest BCUT2D eigenvalue weighted by Crippen LogP contribution is -2.27. The molecule has 0 fully saturated rings. The number of carbonyl (C=O) groups is 2. The predicted octanol–water partition coefficient (Wildman–Crippen LogP) is 3.62. The van der Waals surface area contributed by atoms with Gasteiger partial charge in [-0.2, -0.15) is 0 Å². The molecule has 4 aromatic rings. The Morgan fingerprint density at radius 1 is 1.12 bits per heavy atom. The number of carboxylic acid groups (broad SMARTS) is 1. The van der Waals surface area contributed by atoms with Gasteiger partial charge in [0.05, 0.1) is 24.2 Å². The molecule has 0 saturated heterocycles. The molecular formula is C23H19N3O5S2. The zero-order chi connectivity index (χ0) is 23.4. The van der Waals surface area contributed by atoms with Crippen molar-refractivity contribution < 1.29 is 19.4 Å². The number of rotatable bonds is 8. The number of nitrogens with one attached hydrogen (secondary N) is 2. The lowest BCUT2D eigenvalue weighted by atomic mass is 10.1. The van der Waals surface area contributed by atoms with Gasteiger partial charge in [-0.3, -0.25) is 9.59 Å². The highest BCUT2D eigenvalue weighted by molar-refractivity contribution is 7.80. The summed E-state index contributed by atoms with van der Waals surface area (Å²) in [6, 6.07) is 13.8. The van der Waals surface area contributed by atoms with E-state index < -0.39 is 17.4 Å². The number of aromatic nitrogens is 2. The highest BCUT2D eigenvalue weighted by Crippen LogP contribution is 2.22. The summed E-state index contributed by atoms with van der Waals surface area (Å²) in [4.78, 5) is 44.1. The third-order valence-electron chi connectivity index (χ3n) is 4.83. The van der Waals surface area contributed by atoms with Gasteiger partial charge in [0.25, 0.3) is 11.5 Å². The maximum absolute atomic E-state index is 12.6. The molecule has 2 heterocycles. The number of aromatic carboxylic acids is 1. The molecule has 2 aromatic heterocycles. The summed E-state index contributed by atoms with van der Waals surface area (Å²) in [6.45, 7) is 0.722. The minimum atomic E-state index is -0.987. The van der Waals surface area contributed by atoms with E-state index in [-0.39, 0.29) is 31.1 Å². The number of nitrogens with zero attached hydrogens (tertiary/aromatic N) is 1. The number of carbonyl (C=O) groups excluding carboxylic acids is 1. The van der Waals surface area contributed by atoms with Gasteiger partial charge < -0.3 is 20.1 Å². The van der Waals surface area contributed by atoms with E-state index in [9.17, 15) is 14.4 Å². The van der Waals surface area contributed by atoms with Crippen LogP contribution in [-0.2, 0) is 24.5 Å². The number of aromatic amines is 1. The van der Waals surface area contributed by atoms with Gasteiger partial charge in [0.15, 0.2) is 0 Å². The van der Waals surface area contributed by atoms with Crippen LogP contribution in [0.15, 0.2) is 63.6 Å². The Hall–Kier alpha value is -3.47. The summed E-state index contributed by atoms with van der Waals surface area (Å²) in [7, 11) is 0. The Bertz CT molecular complexity index is 1380. The van der Waals surface area contributed by atoms with Gasteiger partial charge in [0, 0.05) is 17.0 Å². The van der Waals surface area contributed by atoms with Crippen molar-refractivity contribution in [2.24, 2.45) is 0 Å². The van der Waals surface area contributed by atoms with Crippen molar-refractivity contribution >= 4 is 46.1 Å². The summed E-state index contributed by atoms with van der Waals surface area (Å²) in [5.41, 5.74) is 2.16. The van der Waals surface area contributed by atoms with Crippen LogP contribution in [0.2, 0.25) is 0 Å². The van der Waals surface area contributed by atoms with Crippen LogP contribution in [0.4, 0.5) is 0 Å². The molecule has 0 aliphatic heterocycles. The van der Waals surface area contributed by atoms with Crippen LogP contribution >= 0.6 is 24.0 Å². The number of ether oxygens (including phenoxy) is 1. The average molecular weight is 482 g/mol. The summed E-state index contributed by atoms with van der Waals surface area (Å²) in [5, 5.41) is 13.9. The van der Waals surface area contributed by atoms with Gasteiger partial charge in [-0.25, -0.2) is 9.78 Å². The van der Waals surface area contributed by atoms with Gasteiger partial charge in [-0.1, -0.05) is 24.3 Å². The number of hydrogen-bond donors (Lipinski definition) is 4. The van der Waals surface area contributed by atoms with Crippen LogP contribution in [-0.4, -0.2) is 27.0 Å². The van der Waals surface area contributed by atoms with Crippen molar-refractivity contribution in [3.63, 3.8) is 0 Å². The normalized spacial score (nSPS) is 10.9. The van der Waals surface area contributed by atoms with Crippen LogP contribution < -0.4 is 10.9 Å². The first kappa shape index (κ1) is 22.7. The molecule has 0 aliphatic rings. The fraction of sp³-hybridized carbons (Fsp3) is 0.130. The number of H-pyrrole nitrogens is 1. The minimum Gasteiger partial charge on any atom is -0.478 e. The van der Waals surface area contributed by atoms with Gasteiger partial charge in [0.1, 0.15) is 4.83 Å². The van der Waals surface area contributed by atoms with E-state index in [1.54, 1.807) is 17.5 Å². The van der Waals surface area contributed by atoms with Gasteiger partial charge in [-0.15, -0.1) is 24.0 Å². The van der Waals surface area contributed by atoms with Crippen molar-refractivity contribution in [2.75, 3.05) is 0 Å². The van der Waals surface area contributed by atoms with Crippen LogP contribution in [0.3, 0.4) is 0 Å². The second-order valence-electron chi connectivity index (χ2n) is 7.20. The van der Waals surface area contributed by atoms with Crippen LogP contribution in [0, 0.1) is 0 Å². The third-order valence-corrected chi connectivity index (χ3v) is 6.03. The molecule has 0 bridgehead atoms. The first-order chi connectivity index (χ1) is 15.9. The van der Waals surface area contributed by atoms with Gasteiger partial charge in [0.2, 0.25) is 5.82 Å².